The molecule has 1 aliphatic carbocycles. The number of piperazine rings is 1. The van der Waals surface area contributed by atoms with Crippen LogP contribution in [0.15, 0.2) is 18.5 Å². The molecular weight excluding hydrogens is 304 g/mol. The van der Waals surface area contributed by atoms with Crippen molar-refractivity contribution in [3.8, 4) is 0 Å². The first kappa shape index (κ1) is 15.4. The van der Waals surface area contributed by atoms with Gasteiger partial charge >= 0.3 is 0 Å². The molecule has 3 heterocycles. The summed E-state index contributed by atoms with van der Waals surface area (Å²) in [6.07, 6.45) is 9.94. The van der Waals surface area contributed by atoms with Gasteiger partial charge < -0.3 is 4.90 Å². The van der Waals surface area contributed by atoms with Crippen LogP contribution in [-0.4, -0.2) is 61.3 Å². The minimum absolute atomic E-state index is 0.489. The van der Waals surface area contributed by atoms with Gasteiger partial charge in [-0.15, -0.1) is 5.10 Å². The highest BCUT2D eigenvalue weighted by Gasteiger charge is 2.24. The van der Waals surface area contributed by atoms with Crippen LogP contribution >= 0.6 is 0 Å². The fourth-order valence-corrected chi connectivity index (χ4v) is 3.69. The van der Waals surface area contributed by atoms with Gasteiger partial charge in [-0.25, -0.2) is 14.6 Å². The number of hydrogen-bond acceptors (Lipinski definition) is 7. The maximum Gasteiger partial charge on any atom is 0.225 e. The largest absolute Gasteiger partial charge is 0.338 e. The molecule has 0 unspecified atom stereocenters. The minimum Gasteiger partial charge on any atom is -0.338 e. The second-order valence-corrected chi connectivity index (χ2v) is 6.64. The zero-order chi connectivity index (χ0) is 16.2. The number of hydrogen-bond donors (Lipinski definition) is 0. The highest BCUT2D eigenvalue weighted by molar-refractivity contribution is 5.29. The van der Waals surface area contributed by atoms with E-state index in [0.717, 1.165) is 44.5 Å². The van der Waals surface area contributed by atoms with Crippen molar-refractivity contribution in [1.82, 2.24) is 35.1 Å². The Labute approximate surface area is 141 Å². The van der Waals surface area contributed by atoms with Gasteiger partial charge in [0.05, 0.1) is 12.6 Å². The molecule has 0 aromatic carbocycles. The number of rotatable bonds is 4. The zero-order valence-corrected chi connectivity index (χ0v) is 14.0. The first-order chi connectivity index (χ1) is 11.9. The van der Waals surface area contributed by atoms with E-state index in [2.05, 4.69) is 40.0 Å². The van der Waals surface area contributed by atoms with Crippen LogP contribution in [0.1, 0.15) is 44.0 Å². The molecule has 0 atom stereocenters. The van der Waals surface area contributed by atoms with Crippen molar-refractivity contribution in [3.63, 3.8) is 0 Å². The van der Waals surface area contributed by atoms with Gasteiger partial charge in [-0.1, -0.05) is 19.3 Å². The molecule has 128 valence electrons. The van der Waals surface area contributed by atoms with Crippen molar-refractivity contribution in [2.45, 2.75) is 44.7 Å². The fraction of sp³-hybridized carbons (Fsp3) is 0.688. The summed E-state index contributed by atoms with van der Waals surface area (Å²) in [7, 11) is 0. The summed E-state index contributed by atoms with van der Waals surface area (Å²) in [5, 5.41) is 12.5. The summed E-state index contributed by atoms with van der Waals surface area (Å²) in [5.41, 5.74) is 0. The van der Waals surface area contributed by atoms with Crippen molar-refractivity contribution in [2.24, 2.45) is 0 Å². The zero-order valence-electron chi connectivity index (χ0n) is 14.0. The minimum atomic E-state index is 0.489. The van der Waals surface area contributed by atoms with Crippen LogP contribution in [0.2, 0.25) is 0 Å². The van der Waals surface area contributed by atoms with E-state index < -0.39 is 0 Å². The number of nitrogens with zero attached hydrogens (tertiary/aromatic N) is 8. The van der Waals surface area contributed by atoms with E-state index in [0.29, 0.717) is 6.04 Å². The molecule has 1 saturated heterocycles. The van der Waals surface area contributed by atoms with Gasteiger partial charge in [-0.05, 0) is 29.3 Å². The molecule has 0 N–H and O–H groups in total. The number of anilines is 1. The molecule has 1 saturated carbocycles. The molecule has 2 aromatic rings. The van der Waals surface area contributed by atoms with E-state index in [9.17, 15) is 0 Å². The average Bonchev–Trinajstić information content (AvgIpc) is 3.12. The van der Waals surface area contributed by atoms with Crippen molar-refractivity contribution in [2.75, 3.05) is 31.1 Å². The Morgan fingerprint density at radius 3 is 2.46 bits per heavy atom. The molecule has 2 aromatic heterocycles. The molecular formula is C16H24N8. The van der Waals surface area contributed by atoms with E-state index in [1.54, 1.807) is 12.4 Å². The Balaban J connectivity index is 1.35. The van der Waals surface area contributed by atoms with Crippen molar-refractivity contribution < 1.29 is 0 Å². The second kappa shape index (κ2) is 7.21. The summed E-state index contributed by atoms with van der Waals surface area (Å²) in [5.74, 6) is 1.83. The summed E-state index contributed by atoms with van der Waals surface area (Å²) in [6.45, 7) is 4.67. The van der Waals surface area contributed by atoms with Crippen molar-refractivity contribution in [1.29, 1.82) is 0 Å². The van der Waals surface area contributed by atoms with Crippen molar-refractivity contribution in [3.05, 3.63) is 24.3 Å². The Hall–Kier alpha value is -2.09. The SMILES string of the molecule is c1cnc(N2CCN(Cc3nnnn3C3CCCCC3)CC2)nc1. The quantitative estimate of drug-likeness (QED) is 0.837. The highest BCUT2D eigenvalue weighted by atomic mass is 15.6. The Kier molecular flexibility index (Phi) is 4.64. The van der Waals surface area contributed by atoms with Gasteiger partial charge in [-0.2, -0.15) is 0 Å². The second-order valence-electron chi connectivity index (χ2n) is 6.64. The molecule has 0 bridgehead atoms. The third-order valence-electron chi connectivity index (χ3n) is 5.05. The van der Waals surface area contributed by atoms with E-state index in [1.165, 1.54) is 32.1 Å². The maximum atomic E-state index is 4.34. The molecule has 24 heavy (non-hydrogen) atoms. The number of tetrazole rings is 1. The molecule has 8 heteroatoms. The van der Waals surface area contributed by atoms with Crippen LogP contribution in [0.4, 0.5) is 5.95 Å². The average molecular weight is 328 g/mol. The third kappa shape index (κ3) is 3.38. The Bertz CT molecular complexity index is 629. The van der Waals surface area contributed by atoms with Gasteiger partial charge in [0.25, 0.3) is 0 Å². The molecule has 1 aliphatic heterocycles. The molecule has 0 radical (unpaired) electrons. The highest BCUT2D eigenvalue weighted by Crippen LogP contribution is 2.28. The monoisotopic (exact) mass is 328 g/mol. The summed E-state index contributed by atoms with van der Waals surface area (Å²) < 4.78 is 2.08. The summed E-state index contributed by atoms with van der Waals surface area (Å²) >= 11 is 0. The first-order valence-corrected chi connectivity index (χ1v) is 8.91. The van der Waals surface area contributed by atoms with Crippen LogP contribution in [-0.2, 0) is 6.54 Å². The molecule has 0 amide bonds. The lowest BCUT2D eigenvalue weighted by atomic mass is 9.95. The topological polar surface area (TPSA) is 75.9 Å². The van der Waals surface area contributed by atoms with Gasteiger partial charge in [0.15, 0.2) is 5.82 Å². The van der Waals surface area contributed by atoms with Gasteiger partial charge in [0, 0.05) is 38.6 Å². The molecule has 2 fully saturated rings. The standard InChI is InChI=1S/C16H24N8/c1-2-5-14(6-3-1)24-15(19-20-21-24)13-22-9-11-23(12-10-22)16-17-7-4-8-18-16/h4,7-8,14H,1-3,5-6,9-13H2. The third-order valence-corrected chi connectivity index (χ3v) is 5.05. The lowest BCUT2D eigenvalue weighted by Crippen LogP contribution is -2.46. The Morgan fingerprint density at radius 2 is 1.71 bits per heavy atom. The molecule has 0 spiro atoms. The molecule has 4 rings (SSSR count). The van der Waals surface area contributed by atoms with Gasteiger partial charge in [0.2, 0.25) is 5.95 Å². The normalized spacial score (nSPS) is 20.4. The predicted molar refractivity (Wildman–Crippen MR) is 89.5 cm³/mol. The molecule has 2 aliphatic rings. The van der Waals surface area contributed by atoms with Crippen LogP contribution in [0, 0.1) is 0 Å². The van der Waals surface area contributed by atoms with E-state index in [1.807, 2.05) is 6.07 Å². The van der Waals surface area contributed by atoms with Crippen LogP contribution in [0.5, 0.6) is 0 Å². The Morgan fingerprint density at radius 1 is 0.958 bits per heavy atom. The van der Waals surface area contributed by atoms with Gasteiger partial charge in [0.1, 0.15) is 0 Å². The van der Waals surface area contributed by atoms with Crippen LogP contribution < -0.4 is 4.90 Å². The van der Waals surface area contributed by atoms with E-state index >= 15 is 0 Å². The smallest absolute Gasteiger partial charge is 0.225 e. The lowest BCUT2D eigenvalue weighted by molar-refractivity contribution is 0.229. The summed E-state index contributed by atoms with van der Waals surface area (Å²) in [4.78, 5) is 13.3. The van der Waals surface area contributed by atoms with Crippen LogP contribution in [0.25, 0.3) is 0 Å². The molecule has 8 nitrogen and oxygen atoms in total. The van der Waals surface area contributed by atoms with E-state index in [4.69, 9.17) is 0 Å². The van der Waals surface area contributed by atoms with Crippen LogP contribution in [0.3, 0.4) is 0 Å². The predicted octanol–water partition coefficient (Wildman–Crippen LogP) is 1.29. The van der Waals surface area contributed by atoms with Gasteiger partial charge in [-0.3, -0.25) is 4.90 Å². The van der Waals surface area contributed by atoms with E-state index in [-0.39, 0.29) is 0 Å². The number of aromatic nitrogens is 6. The maximum absolute atomic E-state index is 4.34. The summed E-state index contributed by atoms with van der Waals surface area (Å²) in [6, 6.07) is 2.34. The van der Waals surface area contributed by atoms with Crippen molar-refractivity contribution >= 4 is 5.95 Å². The lowest BCUT2D eigenvalue weighted by Gasteiger charge is -2.34. The first-order valence-electron chi connectivity index (χ1n) is 8.91. The fourth-order valence-electron chi connectivity index (χ4n) is 3.69.